The van der Waals surface area contributed by atoms with Gasteiger partial charge in [0.2, 0.25) is 0 Å². The summed E-state index contributed by atoms with van der Waals surface area (Å²) in [6.07, 6.45) is 15.2. The Balaban J connectivity index is 1.87. The van der Waals surface area contributed by atoms with Gasteiger partial charge in [-0.15, -0.1) is 0 Å². The van der Waals surface area contributed by atoms with Gasteiger partial charge in [0, 0.05) is 0 Å². The van der Waals surface area contributed by atoms with Gasteiger partial charge in [-0.3, -0.25) is 0 Å². The van der Waals surface area contributed by atoms with E-state index in [1.54, 1.807) is 0 Å². The van der Waals surface area contributed by atoms with Gasteiger partial charge in [-0.25, -0.2) is 0 Å². The lowest BCUT2D eigenvalue weighted by Gasteiger charge is -2.03. The van der Waals surface area contributed by atoms with Crippen LogP contribution in [0.3, 0.4) is 0 Å². The third-order valence-electron chi connectivity index (χ3n) is 3.75. The minimum absolute atomic E-state index is 1.17. The van der Waals surface area contributed by atoms with Crippen LogP contribution in [0.15, 0.2) is 12.1 Å². The van der Waals surface area contributed by atoms with Crippen LogP contribution in [-0.2, 0) is 6.42 Å². The molecule has 1 aromatic rings. The molecular weight excluding hydrogens is 228 g/mol. The van der Waals surface area contributed by atoms with Gasteiger partial charge in [0.1, 0.15) is 0 Å². The maximum Gasteiger partial charge on any atom is -0.0146 e. The molecule has 19 heavy (non-hydrogen) atoms. The van der Waals surface area contributed by atoms with Crippen LogP contribution in [0.25, 0.3) is 0 Å². The van der Waals surface area contributed by atoms with Gasteiger partial charge in [0.05, 0.1) is 0 Å². The van der Waals surface area contributed by atoms with Gasteiger partial charge < -0.3 is 0 Å². The predicted octanol–water partition coefficient (Wildman–Crippen LogP) is 6.06. The van der Waals surface area contributed by atoms with Gasteiger partial charge in [-0.1, -0.05) is 76.8 Å². The molecule has 0 spiro atoms. The molecule has 0 amide bonds. The molecule has 0 saturated carbocycles. The van der Waals surface area contributed by atoms with Crippen molar-refractivity contribution >= 4 is 0 Å². The van der Waals surface area contributed by atoms with Crippen molar-refractivity contribution in [3.05, 3.63) is 35.4 Å². The highest BCUT2D eigenvalue weighted by Crippen LogP contribution is 2.12. The van der Waals surface area contributed by atoms with Crippen molar-refractivity contribution in [3.63, 3.8) is 0 Å². The Labute approximate surface area is 120 Å². The second-order valence-electron chi connectivity index (χ2n) is 5.72. The summed E-state index contributed by atoms with van der Waals surface area (Å²) < 4.78 is 0. The fourth-order valence-corrected chi connectivity index (χ4v) is 2.43. The van der Waals surface area contributed by atoms with Gasteiger partial charge in [-0.2, -0.15) is 0 Å². The van der Waals surface area contributed by atoms with Crippen LogP contribution >= 0.6 is 0 Å². The van der Waals surface area contributed by atoms with E-state index in [9.17, 15) is 0 Å². The first-order valence-corrected chi connectivity index (χ1v) is 8.22. The van der Waals surface area contributed by atoms with E-state index in [4.69, 9.17) is 0 Å². The largest absolute Gasteiger partial charge is 0.0654 e. The Kier molecular flexibility index (Phi) is 9.49. The molecule has 0 bridgehead atoms. The average Bonchev–Trinajstić information content (AvgIpc) is 2.43. The molecule has 0 aliphatic carbocycles. The molecule has 0 atom stereocenters. The third kappa shape index (κ3) is 8.86. The summed E-state index contributed by atoms with van der Waals surface area (Å²) in [6, 6.07) is 10.7. The lowest BCUT2D eigenvalue weighted by Crippen LogP contribution is -1.87. The fraction of sp³-hybridized carbons (Fsp3) is 0.684. The van der Waals surface area contributed by atoms with E-state index in [1.807, 2.05) is 6.07 Å². The van der Waals surface area contributed by atoms with Crippen LogP contribution in [0, 0.1) is 19.1 Å². The topological polar surface area (TPSA) is 0 Å². The van der Waals surface area contributed by atoms with Gasteiger partial charge in [0.25, 0.3) is 0 Å². The molecule has 0 heterocycles. The predicted molar refractivity (Wildman–Crippen MR) is 84.4 cm³/mol. The molecule has 1 rings (SSSR count). The molecule has 0 N–H and O–H groups in total. The molecule has 0 fully saturated rings. The number of benzene rings is 1. The zero-order valence-electron chi connectivity index (χ0n) is 12.9. The summed E-state index contributed by atoms with van der Waals surface area (Å²) in [5.41, 5.74) is 2.51. The monoisotopic (exact) mass is 258 g/mol. The van der Waals surface area contributed by atoms with Crippen molar-refractivity contribution in [2.24, 2.45) is 0 Å². The molecular formula is C19H30. The van der Waals surface area contributed by atoms with Crippen LogP contribution in [-0.4, -0.2) is 0 Å². The minimum atomic E-state index is 1.17. The highest BCUT2D eigenvalue weighted by atomic mass is 14.0. The Morgan fingerprint density at radius 1 is 0.737 bits per heavy atom. The van der Waals surface area contributed by atoms with E-state index in [2.05, 4.69) is 32.0 Å². The van der Waals surface area contributed by atoms with E-state index in [1.165, 1.54) is 81.8 Å². The van der Waals surface area contributed by atoms with E-state index >= 15 is 0 Å². The second kappa shape index (κ2) is 11.1. The molecule has 0 aliphatic heterocycles. The zero-order valence-corrected chi connectivity index (χ0v) is 12.9. The normalized spacial score (nSPS) is 10.8. The fourth-order valence-electron chi connectivity index (χ4n) is 2.43. The molecule has 0 saturated heterocycles. The van der Waals surface area contributed by atoms with Gasteiger partial charge in [0.15, 0.2) is 0 Å². The maximum absolute atomic E-state index is 3.34. The average molecular weight is 258 g/mol. The highest BCUT2D eigenvalue weighted by molar-refractivity contribution is 5.18. The summed E-state index contributed by atoms with van der Waals surface area (Å²) in [5, 5.41) is 0. The zero-order chi connectivity index (χ0) is 13.8. The summed E-state index contributed by atoms with van der Waals surface area (Å²) in [7, 11) is 0. The first-order chi connectivity index (χ1) is 9.33. The summed E-state index contributed by atoms with van der Waals surface area (Å²) in [5.74, 6) is 0. The number of hydrogen-bond donors (Lipinski definition) is 0. The van der Waals surface area contributed by atoms with Crippen molar-refractivity contribution in [3.8, 4) is 0 Å². The molecule has 0 aliphatic rings. The molecule has 1 aromatic carbocycles. The minimum Gasteiger partial charge on any atom is -0.0654 e. The molecule has 0 unspecified atom stereocenters. The lowest BCUT2D eigenvalue weighted by atomic mass is 10.0. The first kappa shape index (κ1) is 16.3. The quantitative estimate of drug-likeness (QED) is 0.423. The van der Waals surface area contributed by atoms with Crippen molar-refractivity contribution in [2.45, 2.75) is 84.5 Å². The van der Waals surface area contributed by atoms with E-state index in [0.717, 1.165) is 0 Å². The van der Waals surface area contributed by atoms with Crippen LogP contribution < -0.4 is 0 Å². The van der Waals surface area contributed by atoms with Crippen LogP contribution in [0.2, 0.25) is 0 Å². The highest BCUT2D eigenvalue weighted by Gasteiger charge is 1.95. The molecule has 0 heteroatoms. The van der Waals surface area contributed by atoms with Crippen molar-refractivity contribution in [1.82, 2.24) is 0 Å². The first-order valence-electron chi connectivity index (χ1n) is 8.22. The SMILES string of the molecule is CCCCCCCCCCCCc1[c]cc(C)[c]c1. The van der Waals surface area contributed by atoms with E-state index < -0.39 is 0 Å². The van der Waals surface area contributed by atoms with Gasteiger partial charge in [-0.05, 0) is 43.0 Å². The van der Waals surface area contributed by atoms with Crippen LogP contribution in [0.1, 0.15) is 82.3 Å². The van der Waals surface area contributed by atoms with E-state index in [0.29, 0.717) is 0 Å². The number of aryl methyl sites for hydroxylation is 2. The molecule has 0 nitrogen and oxygen atoms in total. The summed E-state index contributed by atoms with van der Waals surface area (Å²) in [4.78, 5) is 0. The number of hydrogen-bond acceptors (Lipinski definition) is 0. The number of unbranched alkanes of at least 4 members (excludes halogenated alkanes) is 9. The molecule has 2 radical (unpaired) electrons. The third-order valence-corrected chi connectivity index (χ3v) is 3.75. The lowest BCUT2D eigenvalue weighted by molar-refractivity contribution is 0.556. The van der Waals surface area contributed by atoms with Crippen molar-refractivity contribution in [2.75, 3.05) is 0 Å². The summed E-state index contributed by atoms with van der Waals surface area (Å²) >= 11 is 0. The van der Waals surface area contributed by atoms with Gasteiger partial charge >= 0.3 is 0 Å². The van der Waals surface area contributed by atoms with Crippen molar-refractivity contribution in [1.29, 1.82) is 0 Å². The molecule has 106 valence electrons. The Morgan fingerprint density at radius 2 is 1.32 bits per heavy atom. The standard InChI is InChI=1S/C19H30/c1-3-4-5-6-7-8-9-10-11-12-13-19-16-14-18(2)15-17-19/h14,17H,3-13H2,1-2H3. The summed E-state index contributed by atoms with van der Waals surface area (Å²) in [6.45, 7) is 4.35. The Bertz CT molecular complexity index is 296. The van der Waals surface area contributed by atoms with Crippen LogP contribution in [0.4, 0.5) is 0 Å². The van der Waals surface area contributed by atoms with Crippen LogP contribution in [0.5, 0.6) is 0 Å². The van der Waals surface area contributed by atoms with E-state index in [-0.39, 0.29) is 0 Å². The second-order valence-corrected chi connectivity index (χ2v) is 5.72. The Morgan fingerprint density at radius 3 is 1.84 bits per heavy atom. The smallest absolute Gasteiger partial charge is 0.0146 e. The van der Waals surface area contributed by atoms with Crippen molar-refractivity contribution < 1.29 is 0 Å². The molecule has 0 aromatic heterocycles. The number of rotatable bonds is 11. The maximum atomic E-state index is 3.34. The Hall–Kier alpha value is -0.780.